The van der Waals surface area contributed by atoms with Gasteiger partial charge in [-0.25, -0.2) is 21.6 Å². The standard InChI is InChI=1S/C19H15F3N4O3S2/c20-11-7-8-14(13(22)10-11)23-17(27)19-25-24-18(30-19)15-5-3-9-26(15)31(28,29)16-6-2-1-4-12(16)21/h1-2,4,6-8,10,15H,3,5,9H2,(H,23,27). The van der Waals surface area contributed by atoms with Gasteiger partial charge in [-0.1, -0.05) is 23.5 Å². The molecule has 0 bridgehead atoms. The number of halogens is 3. The van der Waals surface area contributed by atoms with Crippen LogP contribution in [0.1, 0.15) is 33.7 Å². The van der Waals surface area contributed by atoms with Crippen molar-refractivity contribution >= 4 is 33.0 Å². The van der Waals surface area contributed by atoms with Gasteiger partial charge in [0.1, 0.15) is 27.4 Å². The number of aromatic nitrogens is 2. The molecule has 1 fully saturated rings. The lowest BCUT2D eigenvalue weighted by atomic mass is 10.2. The van der Waals surface area contributed by atoms with Gasteiger partial charge in [-0.3, -0.25) is 4.79 Å². The van der Waals surface area contributed by atoms with Crippen LogP contribution in [-0.4, -0.2) is 35.4 Å². The summed E-state index contributed by atoms with van der Waals surface area (Å²) < 4.78 is 68.0. The summed E-state index contributed by atoms with van der Waals surface area (Å²) in [6.07, 6.45) is 0.955. The number of nitrogens with zero attached hydrogens (tertiary/aromatic N) is 3. The van der Waals surface area contributed by atoms with E-state index in [-0.39, 0.29) is 22.2 Å². The van der Waals surface area contributed by atoms with Crippen molar-refractivity contribution in [1.82, 2.24) is 14.5 Å². The van der Waals surface area contributed by atoms with E-state index >= 15 is 0 Å². The second-order valence-corrected chi connectivity index (χ2v) is 9.60. The predicted octanol–water partition coefficient (Wildman–Crippen LogP) is 3.73. The quantitative estimate of drug-likeness (QED) is 0.616. The van der Waals surface area contributed by atoms with Gasteiger partial charge < -0.3 is 5.32 Å². The number of amides is 1. The van der Waals surface area contributed by atoms with E-state index in [0.717, 1.165) is 33.8 Å². The third kappa shape index (κ3) is 4.18. The van der Waals surface area contributed by atoms with Gasteiger partial charge >= 0.3 is 0 Å². The maximum atomic E-state index is 14.1. The summed E-state index contributed by atoms with van der Waals surface area (Å²) in [5, 5.41) is 10.1. The molecule has 0 saturated carbocycles. The van der Waals surface area contributed by atoms with E-state index in [9.17, 15) is 26.4 Å². The van der Waals surface area contributed by atoms with Gasteiger partial charge in [0, 0.05) is 12.6 Å². The van der Waals surface area contributed by atoms with E-state index in [4.69, 9.17) is 0 Å². The molecule has 1 saturated heterocycles. The molecule has 12 heteroatoms. The minimum absolute atomic E-state index is 0.117. The van der Waals surface area contributed by atoms with Crippen LogP contribution in [0.4, 0.5) is 18.9 Å². The Balaban J connectivity index is 1.56. The molecule has 1 amide bonds. The Hall–Kier alpha value is -2.83. The maximum Gasteiger partial charge on any atom is 0.286 e. The zero-order valence-electron chi connectivity index (χ0n) is 15.8. The summed E-state index contributed by atoms with van der Waals surface area (Å²) in [6, 6.07) is 7.09. The SMILES string of the molecule is O=C(Nc1ccc(F)cc1F)c1nnc(C2CCCN2S(=O)(=O)c2ccccc2F)s1. The molecule has 0 spiro atoms. The fourth-order valence-electron chi connectivity index (χ4n) is 3.28. The lowest BCUT2D eigenvalue weighted by molar-refractivity contribution is 0.102. The van der Waals surface area contributed by atoms with Gasteiger partial charge in [0.15, 0.2) is 0 Å². The monoisotopic (exact) mass is 468 g/mol. The van der Waals surface area contributed by atoms with Crippen LogP contribution < -0.4 is 5.32 Å². The smallest absolute Gasteiger partial charge is 0.286 e. The highest BCUT2D eigenvalue weighted by Crippen LogP contribution is 2.38. The van der Waals surface area contributed by atoms with Gasteiger partial charge in [0.25, 0.3) is 5.91 Å². The van der Waals surface area contributed by atoms with Crippen molar-refractivity contribution in [3.05, 3.63) is 69.9 Å². The first-order valence-corrected chi connectivity index (χ1v) is 11.4. The lowest BCUT2D eigenvalue weighted by Crippen LogP contribution is -2.31. The Morgan fingerprint density at radius 3 is 2.61 bits per heavy atom. The zero-order valence-corrected chi connectivity index (χ0v) is 17.4. The second kappa shape index (κ2) is 8.36. The molecule has 162 valence electrons. The number of anilines is 1. The molecule has 4 rings (SSSR count). The van der Waals surface area contributed by atoms with Crippen LogP contribution in [0.3, 0.4) is 0 Å². The van der Waals surface area contributed by atoms with Crippen LogP contribution in [0.2, 0.25) is 0 Å². The normalized spacial score (nSPS) is 17.1. The molecular formula is C19H15F3N4O3S2. The number of carbonyl (C=O) groups is 1. The summed E-state index contributed by atoms with van der Waals surface area (Å²) in [7, 11) is -4.12. The first-order valence-electron chi connectivity index (χ1n) is 9.13. The summed E-state index contributed by atoms with van der Waals surface area (Å²) in [5.74, 6) is -3.36. The Morgan fingerprint density at radius 2 is 1.87 bits per heavy atom. The van der Waals surface area contributed by atoms with Crippen molar-refractivity contribution in [3.8, 4) is 0 Å². The van der Waals surface area contributed by atoms with E-state index in [1.165, 1.54) is 18.2 Å². The molecule has 7 nitrogen and oxygen atoms in total. The molecule has 1 aromatic heterocycles. The van der Waals surface area contributed by atoms with Crippen LogP contribution in [0, 0.1) is 17.5 Å². The Morgan fingerprint density at radius 1 is 1.10 bits per heavy atom. The van der Waals surface area contributed by atoms with E-state index < -0.39 is 44.3 Å². The number of carbonyl (C=O) groups excluding carboxylic acids is 1. The van der Waals surface area contributed by atoms with Crippen LogP contribution in [0.5, 0.6) is 0 Å². The maximum absolute atomic E-state index is 14.1. The van der Waals surface area contributed by atoms with Crippen molar-refractivity contribution in [1.29, 1.82) is 0 Å². The van der Waals surface area contributed by atoms with Gasteiger partial charge in [-0.05, 0) is 37.1 Å². The summed E-state index contributed by atoms with van der Waals surface area (Å²) in [4.78, 5) is 11.9. The van der Waals surface area contributed by atoms with Crippen molar-refractivity contribution in [2.45, 2.75) is 23.8 Å². The molecule has 31 heavy (non-hydrogen) atoms. The Bertz CT molecular complexity index is 1250. The first-order chi connectivity index (χ1) is 14.8. The highest BCUT2D eigenvalue weighted by Gasteiger charge is 2.39. The molecule has 1 unspecified atom stereocenters. The molecule has 0 radical (unpaired) electrons. The van der Waals surface area contributed by atoms with Crippen molar-refractivity contribution in [2.75, 3.05) is 11.9 Å². The third-order valence-electron chi connectivity index (χ3n) is 4.73. The predicted molar refractivity (Wildman–Crippen MR) is 106 cm³/mol. The van der Waals surface area contributed by atoms with Gasteiger partial charge in [-0.2, -0.15) is 4.31 Å². The molecule has 3 aromatic rings. The van der Waals surface area contributed by atoms with E-state index in [0.29, 0.717) is 18.9 Å². The van der Waals surface area contributed by atoms with Crippen LogP contribution in [-0.2, 0) is 10.0 Å². The number of benzene rings is 2. The Labute approximate surface area is 179 Å². The number of sulfonamides is 1. The number of hydrogen-bond acceptors (Lipinski definition) is 6. The second-order valence-electron chi connectivity index (χ2n) is 6.73. The average Bonchev–Trinajstić information content (AvgIpc) is 3.40. The lowest BCUT2D eigenvalue weighted by Gasteiger charge is -2.22. The summed E-state index contributed by atoms with van der Waals surface area (Å²) >= 11 is 0.855. The minimum atomic E-state index is -4.12. The number of nitrogens with one attached hydrogen (secondary N) is 1. The Kier molecular flexibility index (Phi) is 5.77. The molecule has 1 aliphatic heterocycles. The average molecular weight is 468 g/mol. The number of hydrogen-bond donors (Lipinski definition) is 1. The molecule has 1 aliphatic rings. The summed E-state index contributed by atoms with van der Waals surface area (Å²) in [6.45, 7) is 0.170. The summed E-state index contributed by atoms with van der Waals surface area (Å²) in [5.41, 5.74) is -0.229. The highest BCUT2D eigenvalue weighted by molar-refractivity contribution is 7.89. The molecule has 2 aromatic carbocycles. The minimum Gasteiger partial charge on any atom is -0.317 e. The van der Waals surface area contributed by atoms with Crippen LogP contribution in [0.25, 0.3) is 0 Å². The first kappa shape index (κ1) is 21.4. The highest BCUT2D eigenvalue weighted by atomic mass is 32.2. The molecule has 1 N–H and O–H groups in total. The fraction of sp³-hybridized carbons (Fsp3) is 0.211. The molecular weight excluding hydrogens is 453 g/mol. The van der Waals surface area contributed by atoms with E-state index in [1.54, 1.807) is 0 Å². The molecule has 1 atom stereocenters. The van der Waals surface area contributed by atoms with Gasteiger partial charge in [0.05, 0.1) is 11.7 Å². The molecule has 2 heterocycles. The van der Waals surface area contributed by atoms with Gasteiger partial charge in [-0.15, -0.1) is 10.2 Å². The van der Waals surface area contributed by atoms with Crippen molar-refractivity contribution < 1.29 is 26.4 Å². The fourth-order valence-corrected chi connectivity index (χ4v) is 5.96. The number of rotatable bonds is 5. The van der Waals surface area contributed by atoms with E-state index in [2.05, 4.69) is 15.5 Å². The topological polar surface area (TPSA) is 92.3 Å². The van der Waals surface area contributed by atoms with Gasteiger partial charge in [0.2, 0.25) is 15.0 Å². The third-order valence-corrected chi connectivity index (χ3v) is 7.69. The van der Waals surface area contributed by atoms with Crippen LogP contribution in [0.15, 0.2) is 47.4 Å². The largest absolute Gasteiger partial charge is 0.317 e. The van der Waals surface area contributed by atoms with E-state index in [1.807, 2.05) is 0 Å². The molecule has 0 aliphatic carbocycles. The van der Waals surface area contributed by atoms with Crippen molar-refractivity contribution in [2.24, 2.45) is 0 Å². The zero-order chi connectivity index (χ0) is 22.2. The van der Waals surface area contributed by atoms with Crippen LogP contribution >= 0.6 is 11.3 Å². The van der Waals surface area contributed by atoms with Crippen molar-refractivity contribution in [3.63, 3.8) is 0 Å².